The summed E-state index contributed by atoms with van der Waals surface area (Å²) >= 11 is 6.25. The van der Waals surface area contributed by atoms with Crippen LogP contribution < -0.4 is 10.2 Å². The number of rotatable bonds is 9. The second kappa shape index (κ2) is 8.05. The molecule has 2 rings (SSSR count). The maximum atomic E-state index is 6.25. The van der Waals surface area contributed by atoms with Gasteiger partial charge in [-0.1, -0.05) is 38.4 Å². The highest BCUT2D eigenvalue weighted by molar-refractivity contribution is 6.30. The van der Waals surface area contributed by atoms with Crippen molar-refractivity contribution >= 4 is 17.3 Å². The summed E-state index contributed by atoms with van der Waals surface area (Å²) < 4.78 is 0. The van der Waals surface area contributed by atoms with Crippen molar-refractivity contribution in [2.75, 3.05) is 24.5 Å². The maximum absolute atomic E-state index is 6.25. The Labute approximate surface area is 134 Å². The van der Waals surface area contributed by atoms with Crippen molar-refractivity contribution in [2.45, 2.75) is 46.6 Å². The molecule has 0 aliphatic heterocycles. The van der Waals surface area contributed by atoms with Gasteiger partial charge in [-0.15, -0.1) is 0 Å². The first-order valence-corrected chi connectivity index (χ1v) is 8.72. The predicted octanol–water partition coefficient (Wildman–Crippen LogP) is 4.71. The highest BCUT2D eigenvalue weighted by Gasteiger charge is 2.25. The summed E-state index contributed by atoms with van der Waals surface area (Å²) in [6.45, 7) is 11.0. The molecule has 21 heavy (non-hydrogen) atoms. The molecule has 1 aliphatic carbocycles. The van der Waals surface area contributed by atoms with Gasteiger partial charge in [0.15, 0.2) is 0 Å². The number of hydrogen-bond donors (Lipinski definition) is 1. The Morgan fingerprint density at radius 3 is 2.71 bits per heavy atom. The first kappa shape index (κ1) is 16.6. The van der Waals surface area contributed by atoms with E-state index < -0.39 is 0 Å². The van der Waals surface area contributed by atoms with Crippen molar-refractivity contribution < 1.29 is 0 Å². The first-order chi connectivity index (χ1) is 10.1. The van der Waals surface area contributed by atoms with Crippen LogP contribution in [0.15, 0.2) is 18.2 Å². The first-order valence-electron chi connectivity index (χ1n) is 8.34. The molecule has 0 heterocycles. The van der Waals surface area contributed by atoms with E-state index in [9.17, 15) is 0 Å². The van der Waals surface area contributed by atoms with E-state index in [4.69, 9.17) is 11.6 Å². The van der Waals surface area contributed by atoms with E-state index >= 15 is 0 Å². The van der Waals surface area contributed by atoms with Crippen LogP contribution in [0.2, 0.25) is 5.02 Å². The lowest BCUT2D eigenvalue weighted by Crippen LogP contribution is -2.29. The highest BCUT2D eigenvalue weighted by atomic mass is 35.5. The fourth-order valence-electron chi connectivity index (χ4n) is 2.67. The largest absolute Gasteiger partial charge is 0.371 e. The summed E-state index contributed by atoms with van der Waals surface area (Å²) in [7, 11) is 0. The van der Waals surface area contributed by atoms with Gasteiger partial charge in [0.1, 0.15) is 0 Å². The Balaban J connectivity index is 2.10. The molecule has 1 N–H and O–H groups in total. The lowest BCUT2D eigenvalue weighted by atomic mass is 10.1. The molecule has 0 aromatic heterocycles. The third-order valence-electron chi connectivity index (χ3n) is 3.93. The van der Waals surface area contributed by atoms with Gasteiger partial charge in [-0.05, 0) is 55.3 Å². The normalized spacial score (nSPS) is 14.7. The number of benzene rings is 1. The van der Waals surface area contributed by atoms with Crippen molar-refractivity contribution in [3.8, 4) is 0 Å². The summed E-state index contributed by atoms with van der Waals surface area (Å²) in [5, 5.41) is 4.40. The molecule has 1 aromatic rings. The van der Waals surface area contributed by atoms with Crippen LogP contribution in [0.25, 0.3) is 0 Å². The number of anilines is 1. The van der Waals surface area contributed by atoms with Crippen molar-refractivity contribution in [3.05, 3.63) is 28.8 Å². The van der Waals surface area contributed by atoms with Gasteiger partial charge in [0.25, 0.3) is 0 Å². The lowest BCUT2D eigenvalue weighted by molar-refractivity contribution is 0.551. The van der Waals surface area contributed by atoms with Crippen LogP contribution in [0, 0.1) is 11.8 Å². The third-order valence-corrected chi connectivity index (χ3v) is 4.16. The zero-order valence-corrected chi connectivity index (χ0v) is 14.4. The molecule has 3 heteroatoms. The molecule has 2 nitrogen and oxygen atoms in total. The predicted molar refractivity (Wildman–Crippen MR) is 93.2 cm³/mol. The zero-order chi connectivity index (χ0) is 15.2. The minimum Gasteiger partial charge on any atom is -0.371 e. The Morgan fingerprint density at radius 1 is 1.33 bits per heavy atom. The molecule has 1 saturated carbocycles. The lowest BCUT2D eigenvalue weighted by Gasteiger charge is -2.27. The van der Waals surface area contributed by atoms with Crippen LogP contribution in [0.3, 0.4) is 0 Å². The quantitative estimate of drug-likeness (QED) is 0.710. The Kier molecular flexibility index (Phi) is 6.38. The Hall–Kier alpha value is -0.730. The van der Waals surface area contributed by atoms with Gasteiger partial charge in [-0.3, -0.25) is 0 Å². The topological polar surface area (TPSA) is 15.3 Å². The van der Waals surface area contributed by atoms with E-state index in [1.54, 1.807) is 0 Å². The molecule has 1 aliphatic rings. The number of nitrogens with zero attached hydrogens (tertiary/aromatic N) is 1. The second-order valence-corrected chi connectivity index (χ2v) is 7.12. The fourth-order valence-corrected chi connectivity index (χ4v) is 2.83. The Bertz CT molecular complexity index is 441. The SMILES string of the molecule is CCCN(CC1CC1)c1cc(Cl)ccc1CNCC(C)C. The molecule has 0 radical (unpaired) electrons. The minimum absolute atomic E-state index is 0.680. The van der Waals surface area contributed by atoms with Crippen molar-refractivity contribution in [3.63, 3.8) is 0 Å². The average Bonchev–Trinajstić information content (AvgIpc) is 3.23. The van der Waals surface area contributed by atoms with Gasteiger partial charge in [-0.2, -0.15) is 0 Å². The van der Waals surface area contributed by atoms with Crippen LogP contribution >= 0.6 is 11.6 Å². The second-order valence-electron chi connectivity index (χ2n) is 6.69. The number of halogens is 1. The van der Waals surface area contributed by atoms with E-state index in [0.717, 1.165) is 30.6 Å². The molecular weight excluding hydrogens is 280 g/mol. The molecule has 118 valence electrons. The van der Waals surface area contributed by atoms with Gasteiger partial charge < -0.3 is 10.2 Å². The van der Waals surface area contributed by atoms with Gasteiger partial charge >= 0.3 is 0 Å². The van der Waals surface area contributed by atoms with E-state index in [2.05, 4.69) is 43.1 Å². The van der Waals surface area contributed by atoms with Crippen LogP contribution in [0.4, 0.5) is 5.69 Å². The monoisotopic (exact) mass is 308 g/mol. The average molecular weight is 309 g/mol. The number of hydrogen-bond acceptors (Lipinski definition) is 2. The van der Waals surface area contributed by atoms with Crippen molar-refractivity contribution in [1.82, 2.24) is 5.32 Å². The van der Waals surface area contributed by atoms with E-state index in [1.165, 1.54) is 37.1 Å². The maximum Gasteiger partial charge on any atom is 0.0426 e. The summed E-state index contributed by atoms with van der Waals surface area (Å²) in [6.07, 6.45) is 3.96. The molecule has 0 bridgehead atoms. The van der Waals surface area contributed by atoms with E-state index in [0.29, 0.717) is 5.92 Å². The van der Waals surface area contributed by atoms with Crippen LogP contribution in [0.1, 0.15) is 45.6 Å². The summed E-state index contributed by atoms with van der Waals surface area (Å²) in [4.78, 5) is 2.54. The van der Waals surface area contributed by atoms with Gasteiger partial charge in [-0.25, -0.2) is 0 Å². The molecular formula is C18H29ClN2. The summed E-state index contributed by atoms with van der Waals surface area (Å²) in [5.74, 6) is 1.57. The van der Waals surface area contributed by atoms with Gasteiger partial charge in [0.2, 0.25) is 0 Å². The standard InChI is InChI=1S/C18H29ClN2/c1-4-9-21(13-15-5-6-15)18-10-17(19)8-7-16(18)12-20-11-14(2)3/h7-8,10,14-15,20H,4-6,9,11-13H2,1-3H3. The smallest absolute Gasteiger partial charge is 0.0426 e. The fraction of sp³-hybridized carbons (Fsp3) is 0.667. The van der Waals surface area contributed by atoms with Gasteiger partial charge in [0, 0.05) is 30.3 Å². The molecule has 0 atom stereocenters. The summed E-state index contributed by atoms with van der Waals surface area (Å²) in [6, 6.07) is 6.34. The highest BCUT2D eigenvalue weighted by Crippen LogP contribution is 2.33. The van der Waals surface area contributed by atoms with E-state index in [1.807, 2.05) is 6.07 Å². The van der Waals surface area contributed by atoms with Crippen molar-refractivity contribution in [1.29, 1.82) is 0 Å². The third kappa shape index (κ3) is 5.52. The van der Waals surface area contributed by atoms with Crippen LogP contribution in [0.5, 0.6) is 0 Å². The number of nitrogens with one attached hydrogen (secondary N) is 1. The molecule has 0 unspecified atom stereocenters. The molecule has 0 saturated heterocycles. The van der Waals surface area contributed by atoms with Crippen LogP contribution in [-0.2, 0) is 6.54 Å². The van der Waals surface area contributed by atoms with Crippen molar-refractivity contribution in [2.24, 2.45) is 11.8 Å². The molecule has 1 aromatic carbocycles. The van der Waals surface area contributed by atoms with Crippen LogP contribution in [-0.4, -0.2) is 19.6 Å². The minimum atomic E-state index is 0.680. The van der Waals surface area contributed by atoms with E-state index in [-0.39, 0.29) is 0 Å². The summed E-state index contributed by atoms with van der Waals surface area (Å²) in [5.41, 5.74) is 2.70. The molecule has 0 spiro atoms. The molecule has 1 fully saturated rings. The Morgan fingerprint density at radius 2 is 2.10 bits per heavy atom. The molecule has 0 amide bonds. The zero-order valence-electron chi connectivity index (χ0n) is 13.7. The van der Waals surface area contributed by atoms with Gasteiger partial charge in [0.05, 0.1) is 0 Å².